The largest absolute Gasteiger partial charge is 0.369 e. The predicted octanol–water partition coefficient (Wildman–Crippen LogP) is 3.08. The molecule has 0 aliphatic carbocycles. The number of carbonyl (C=O) groups excluding carboxylic acids is 3. The van der Waals surface area contributed by atoms with E-state index in [0.717, 1.165) is 46.9 Å². The van der Waals surface area contributed by atoms with Crippen LogP contribution in [0.3, 0.4) is 0 Å². The van der Waals surface area contributed by atoms with Crippen LogP contribution >= 0.6 is 11.6 Å². The molecule has 4 N–H and O–H groups in total. The summed E-state index contributed by atoms with van der Waals surface area (Å²) in [5.41, 5.74) is 8.97. The number of alkyl halides is 1. The van der Waals surface area contributed by atoms with E-state index in [1.54, 1.807) is 12.1 Å². The van der Waals surface area contributed by atoms with Gasteiger partial charge < -0.3 is 25.8 Å². The van der Waals surface area contributed by atoms with Gasteiger partial charge in [0.2, 0.25) is 11.8 Å². The first-order chi connectivity index (χ1) is 16.4. The van der Waals surface area contributed by atoms with E-state index in [1.165, 1.54) is 0 Å². The van der Waals surface area contributed by atoms with Crippen molar-refractivity contribution in [3.05, 3.63) is 41.5 Å². The lowest BCUT2D eigenvalue weighted by Gasteiger charge is -2.32. The number of anilines is 1. The second-order valence-electron chi connectivity index (χ2n) is 8.84. The van der Waals surface area contributed by atoms with Crippen molar-refractivity contribution in [3.63, 3.8) is 0 Å². The van der Waals surface area contributed by atoms with Crippen molar-refractivity contribution < 1.29 is 14.4 Å². The quantitative estimate of drug-likeness (QED) is 0.337. The smallest absolute Gasteiger partial charge is 0.254 e. The van der Waals surface area contributed by atoms with Crippen LogP contribution in [0.4, 0.5) is 5.69 Å². The Hall–Kier alpha value is -3.10. The number of amides is 3. The lowest BCUT2D eigenvalue weighted by atomic mass is 10.0. The molecule has 3 amide bonds. The fraction of sp³-hybridized carbons (Fsp3) is 0.400. The molecule has 4 rings (SSSR count). The molecule has 180 valence electrons. The van der Waals surface area contributed by atoms with Gasteiger partial charge in [-0.1, -0.05) is 12.1 Å². The number of likely N-dealkylation sites (N-methyl/N-ethyl adjacent to an activating group) is 1. The lowest BCUT2D eigenvalue weighted by molar-refractivity contribution is -0.117. The van der Waals surface area contributed by atoms with Gasteiger partial charge in [0.1, 0.15) is 0 Å². The van der Waals surface area contributed by atoms with Crippen molar-refractivity contribution >= 4 is 56.8 Å². The number of fused-ring (bicyclic) bond motifs is 3. The normalized spacial score (nSPS) is 14.6. The van der Waals surface area contributed by atoms with Crippen LogP contribution in [0.25, 0.3) is 21.8 Å². The molecule has 0 saturated carbocycles. The zero-order valence-electron chi connectivity index (χ0n) is 19.3. The van der Waals surface area contributed by atoms with E-state index in [0.29, 0.717) is 43.1 Å². The Morgan fingerprint density at radius 2 is 1.85 bits per heavy atom. The van der Waals surface area contributed by atoms with Crippen molar-refractivity contribution in [2.45, 2.75) is 25.7 Å². The van der Waals surface area contributed by atoms with E-state index in [9.17, 15) is 14.4 Å². The molecule has 2 aromatic carbocycles. The number of rotatable bonds is 8. The van der Waals surface area contributed by atoms with Crippen LogP contribution in [0.5, 0.6) is 0 Å². The van der Waals surface area contributed by atoms with Crippen molar-refractivity contribution in [3.8, 4) is 0 Å². The molecule has 9 heteroatoms. The molecule has 34 heavy (non-hydrogen) atoms. The monoisotopic (exact) mass is 483 g/mol. The number of nitrogens with zero attached hydrogens (tertiary/aromatic N) is 2. The first-order valence-electron chi connectivity index (χ1n) is 11.6. The molecule has 1 saturated heterocycles. The van der Waals surface area contributed by atoms with Gasteiger partial charge in [-0.05, 0) is 43.7 Å². The molecule has 0 unspecified atom stereocenters. The van der Waals surface area contributed by atoms with Gasteiger partial charge in [-0.3, -0.25) is 14.4 Å². The van der Waals surface area contributed by atoms with Crippen molar-refractivity contribution in [1.82, 2.24) is 14.8 Å². The minimum atomic E-state index is -0.441. The molecule has 0 atom stereocenters. The number of aromatic nitrogens is 1. The van der Waals surface area contributed by atoms with Crippen LogP contribution in [-0.2, 0) is 16.0 Å². The Morgan fingerprint density at radius 3 is 2.56 bits per heavy atom. The maximum Gasteiger partial charge on any atom is 0.254 e. The number of piperazine rings is 1. The third-order valence-electron chi connectivity index (χ3n) is 6.30. The topological polar surface area (TPSA) is 112 Å². The molecule has 1 fully saturated rings. The molecule has 1 aliphatic heterocycles. The Morgan fingerprint density at radius 1 is 1.09 bits per heavy atom. The summed E-state index contributed by atoms with van der Waals surface area (Å²) in [6, 6.07) is 9.16. The number of H-pyrrole nitrogens is 1. The summed E-state index contributed by atoms with van der Waals surface area (Å²) in [5, 5.41) is 4.67. The average molecular weight is 484 g/mol. The predicted molar refractivity (Wildman–Crippen MR) is 135 cm³/mol. The van der Waals surface area contributed by atoms with E-state index in [1.807, 2.05) is 23.1 Å². The summed E-state index contributed by atoms with van der Waals surface area (Å²) in [5.74, 6) is -0.00961. The highest BCUT2D eigenvalue weighted by Gasteiger charge is 2.22. The summed E-state index contributed by atoms with van der Waals surface area (Å²) in [7, 11) is 2.05. The molecule has 2 heterocycles. The molecule has 1 aromatic heterocycles. The third kappa shape index (κ3) is 5.18. The van der Waals surface area contributed by atoms with Crippen molar-refractivity contribution in [2.75, 3.05) is 44.4 Å². The van der Waals surface area contributed by atoms with Gasteiger partial charge in [0, 0.05) is 60.3 Å². The Bertz CT molecular complexity index is 1230. The van der Waals surface area contributed by atoms with E-state index in [2.05, 4.69) is 22.2 Å². The molecule has 0 spiro atoms. The van der Waals surface area contributed by atoms with Gasteiger partial charge in [0.15, 0.2) is 0 Å². The maximum atomic E-state index is 13.1. The SMILES string of the molecule is CN1CCN(C(=O)c2ccc3c(c2)[nH]c2c(CC(N)=O)ccc(NC(=O)CCCCCl)c23)CC1. The summed E-state index contributed by atoms with van der Waals surface area (Å²) in [6.45, 7) is 3.10. The Labute approximate surface area is 203 Å². The standard InChI is InChI=1S/C25H30ClN5O3/c1-30-10-12-31(13-11-30)25(34)17-5-7-18-20(14-17)29-24-16(15-21(27)32)6-8-19(23(18)24)28-22(33)4-2-3-9-26/h5-8,14,29H,2-4,9-13,15H2,1H3,(H2,27,32)(H,28,33). The number of halogens is 1. The van der Waals surface area contributed by atoms with Crippen molar-refractivity contribution in [2.24, 2.45) is 5.73 Å². The van der Waals surface area contributed by atoms with Crippen molar-refractivity contribution in [1.29, 1.82) is 0 Å². The van der Waals surface area contributed by atoms with E-state index in [4.69, 9.17) is 17.3 Å². The number of aromatic amines is 1. The van der Waals surface area contributed by atoms with Crippen LogP contribution in [0, 0.1) is 0 Å². The minimum Gasteiger partial charge on any atom is -0.369 e. The first-order valence-corrected chi connectivity index (χ1v) is 12.1. The van der Waals surface area contributed by atoms with Crippen LogP contribution < -0.4 is 11.1 Å². The van der Waals surface area contributed by atoms with E-state index < -0.39 is 5.91 Å². The third-order valence-corrected chi connectivity index (χ3v) is 6.57. The Balaban J connectivity index is 1.71. The molecular formula is C25H30ClN5O3. The average Bonchev–Trinajstić information content (AvgIpc) is 3.20. The summed E-state index contributed by atoms with van der Waals surface area (Å²) in [6.07, 6.45) is 1.94. The van der Waals surface area contributed by atoms with Gasteiger partial charge in [0.05, 0.1) is 17.6 Å². The van der Waals surface area contributed by atoms with Gasteiger partial charge in [-0.2, -0.15) is 0 Å². The molecule has 0 radical (unpaired) electrons. The lowest BCUT2D eigenvalue weighted by Crippen LogP contribution is -2.47. The first kappa shape index (κ1) is 24.0. The second kappa shape index (κ2) is 10.4. The maximum absolute atomic E-state index is 13.1. The summed E-state index contributed by atoms with van der Waals surface area (Å²) in [4.78, 5) is 44.7. The van der Waals surface area contributed by atoms with Gasteiger partial charge >= 0.3 is 0 Å². The number of benzene rings is 2. The Kier molecular flexibility index (Phi) is 7.38. The summed E-state index contributed by atoms with van der Waals surface area (Å²) < 4.78 is 0. The van der Waals surface area contributed by atoms with Gasteiger partial charge in [-0.25, -0.2) is 0 Å². The molecular weight excluding hydrogens is 454 g/mol. The molecule has 3 aromatic rings. The van der Waals surface area contributed by atoms with Gasteiger partial charge in [0.25, 0.3) is 5.91 Å². The second-order valence-corrected chi connectivity index (χ2v) is 9.22. The number of hydrogen-bond donors (Lipinski definition) is 3. The summed E-state index contributed by atoms with van der Waals surface area (Å²) >= 11 is 5.72. The van der Waals surface area contributed by atoms with Crippen LogP contribution in [0.2, 0.25) is 0 Å². The highest BCUT2D eigenvalue weighted by atomic mass is 35.5. The number of hydrogen-bond acceptors (Lipinski definition) is 4. The fourth-order valence-electron chi connectivity index (χ4n) is 4.43. The minimum absolute atomic E-state index is 0.00108. The van der Waals surface area contributed by atoms with Gasteiger partial charge in [-0.15, -0.1) is 11.6 Å². The number of carbonyl (C=O) groups is 3. The number of primary amides is 1. The molecule has 1 aliphatic rings. The van der Waals surface area contributed by atoms with Crippen LogP contribution in [0.1, 0.15) is 35.2 Å². The highest BCUT2D eigenvalue weighted by molar-refractivity contribution is 6.18. The van der Waals surface area contributed by atoms with Crippen LogP contribution in [-0.4, -0.2) is 71.6 Å². The molecule has 8 nitrogen and oxygen atoms in total. The highest BCUT2D eigenvalue weighted by Crippen LogP contribution is 2.35. The molecule has 0 bridgehead atoms. The van der Waals surface area contributed by atoms with E-state index >= 15 is 0 Å². The van der Waals surface area contributed by atoms with E-state index in [-0.39, 0.29) is 18.2 Å². The number of nitrogens with two attached hydrogens (primary N) is 1. The fourth-order valence-corrected chi connectivity index (χ4v) is 4.61. The number of nitrogens with one attached hydrogen (secondary N) is 2. The number of unbranched alkanes of at least 4 members (excludes halogenated alkanes) is 1. The zero-order chi connectivity index (χ0) is 24.2. The van der Waals surface area contributed by atoms with Crippen LogP contribution in [0.15, 0.2) is 30.3 Å². The zero-order valence-corrected chi connectivity index (χ0v) is 20.1.